The molecule has 1 unspecified atom stereocenters. The number of hydrogen-bond acceptors (Lipinski definition) is 3. The van der Waals surface area contributed by atoms with Gasteiger partial charge < -0.3 is 10.8 Å². The fraction of sp³-hybridized carbons (Fsp3) is 0.636. The molecule has 2 atom stereocenters. The zero-order chi connectivity index (χ0) is 10.6. The molecular formula is C11H20N2O. The normalized spacial score (nSPS) is 22.6. The van der Waals surface area contributed by atoms with Crippen molar-refractivity contribution in [3.8, 4) is 0 Å². The Morgan fingerprint density at radius 3 is 2.93 bits per heavy atom. The number of nitrogens with two attached hydrogens (primary N) is 1. The Hall–Kier alpha value is -0.640. The molecule has 1 rings (SSSR count). The van der Waals surface area contributed by atoms with E-state index in [0.717, 1.165) is 26.1 Å². The second-order valence-electron chi connectivity index (χ2n) is 3.84. The minimum Gasteiger partial charge on any atom is -0.391 e. The molecule has 0 aromatic carbocycles. The Labute approximate surface area is 85.9 Å². The summed E-state index contributed by atoms with van der Waals surface area (Å²) in [5.74, 6) is 0. The molecule has 14 heavy (non-hydrogen) atoms. The summed E-state index contributed by atoms with van der Waals surface area (Å²) in [6, 6.07) is -0.194. The molecule has 0 aromatic heterocycles. The Morgan fingerprint density at radius 2 is 2.50 bits per heavy atom. The summed E-state index contributed by atoms with van der Waals surface area (Å²) < 4.78 is 0. The van der Waals surface area contributed by atoms with E-state index in [-0.39, 0.29) is 6.04 Å². The van der Waals surface area contributed by atoms with Crippen LogP contribution >= 0.6 is 0 Å². The van der Waals surface area contributed by atoms with Gasteiger partial charge in [-0.05, 0) is 13.3 Å². The van der Waals surface area contributed by atoms with E-state index in [9.17, 15) is 5.11 Å². The lowest BCUT2D eigenvalue weighted by atomic mass is 9.97. The van der Waals surface area contributed by atoms with Crippen molar-refractivity contribution < 1.29 is 5.11 Å². The van der Waals surface area contributed by atoms with Gasteiger partial charge in [-0.1, -0.05) is 17.7 Å². The van der Waals surface area contributed by atoms with E-state index in [1.54, 1.807) is 6.92 Å². The highest BCUT2D eigenvalue weighted by Gasteiger charge is 2.18. The van der Waals surface area contributed by atoms with Crippen molar-refractivity contribution in [1.82, 2.24) is 4.90 Å². The molecule has 0 radical (unpaired) electrons. The number of nitrogens with zero attached hydrogens (tertiary/aromatic N) is 1. The highest BCUT2D eigenvalue weighted by molar-refractivity contribution is 5.15. The molecule has 0 spiro atoms. The van der Waals surface area contributed by atoms with Crippen LogP contribution in [0, 0.1) is 0 Å². The van der Waals surface area contributed by atoms with Crippen LogP contribution in [0.2, 0.25) is 0 Å². The molecule has 0 fully saturated rings. The molecule has 1 aliphatic rings. The molecule has 1 heterocycles. The molecule has 0 saturated heterocycles. The van der Waals surface area contributed by atoms with Crippen LogP contribution in [-0.4, -0.2) is 41.8 Å². The molecule has 3 nitrogen and oxygen atoms in total. The maximum atomic E-state index is 9.35. The Balaban J connectivity index is 2.48. The largest absolute Gasteiger partial charge is 0.391 e. The van der Waals surface area contributed by atoms with Crippen LogP contribution in [0.25, 0.3) is 0 Å². The van der Waals surface area contributed by atoms with Gasteiger partial charge in [0.05, 0.1) is 12.1 Å². The third-order valence-electron chi connectivity index (χ3n) is 2.66. The summed E-state index contributed by atoms with van der Waals surface area (Å²) in [7, 11) is 0. The molecule has 0 aromatic rings. The van der Waals surface area contributed by atoms with E-state index < -0.39 is 6.10 Å². The van der Waals surface area contributed by atoms with Crippen molar-refractivity contribution in [2.45, 2.75) is 25.5 Å². The fourth-order valence-corrected chi connectivity index (χ4v) is 1.69. The van der Waals surface area contributed by atoms with Gasteiger partial charge in [-0.15, -0.1) is 6.58 Å². The van der Waals surface area contributed by atoms with Crippen LogP contribution < -0.4 is 5.73 Å². The van der Waals surface area contributed by atoms with Crippen LogP contribution in [0.3, 0.4) is 0 Å². The van der Waals surface area contributed by atoms with E-state index >= 15 is 0 Å². The Morgan fingerprint density at radius 1 is 1.79 bits per heavy atom. The van der Waals surface area contributed by atoms with Gasteiger partial charge in [0, 0.05) is 19.6 Å². The van der Waals surface area contributed by atoms with E-state index in [4.69, 9.17) is 5.73 Å². The molecule has 3 N–H and O–H groups in total. The topological polar surface area (TPSA) is 49.5 Å². The molecule has 0 amide bonds. The Kier molecular flexibility index (Phi) is 4.32. The second kappa shape index (κ2) is 5.29. The smallest absolute Gasteiger partial charge is 0.0701 e. The molecule has 1 aliphatic heterocycles. The first-order valence-corrected chi connectivity index (χ1v) is 5.11. The van der Waals surface area contributed by atoms with E-state index in [1.807, 2.05) is 6.08 Å². The van der Waals surface area contributed by atoms with Gasteiger partial charge in [-0.3, -0.25) is 4.90 Å². The molecule has 0 bridgehead atoms. The third-order valence-corrected chi connectivity index (χ3v) is 2.66. The van der Waals surface area contributed by atoms with Crippen molar-refractivity contribution in [2.24, 2.45) is 5.73 Å². The molecule has 80 valence electrons. The lowest BCUT2D eigenvalue weighted by Crippen LogP contribution is -2.39. The monoisotopic (exact) mass is 196 g/mol. The third kappa shape index (κ3) is 2.94. The fourth-order valence-electron chi connectivity index (χ4n) is 1.69. The van der Waals surface area contributed by atoms with Gasteiger partial charge in [0.1, 0.15) is 0 Å². The summed E-state index contributed by atoms with van der Waals surface area (Å²) in [6.45, 7) is 8.30. The van der Waals surface area contributed by atoms with Gasteiger partial charge in [-0.25, -0.2) is 0 Å². The van der Waals surface area contributed by atoms with Crippen molar-refractivity contribution in [1.29, 1.82) is 0 Å². The summed E-state index contributed by atoms with van der Waals surface area (Å²) in [5, 5.41) is 9.35. The second-order valence-corrected chi connectivity index (χ2v) is 3.84. The van der Waals surface area contributed by atoms with Crippen LogP contribution in [0.15, 0.2) is 24.3 Å². The molecule has 0 saturated carbocycles. The lowest BCUT2D eigenvalue weighted by molar-refractivity contribution is 0.171. The summed E-state index contributed by atoms with van der Waals surface area (Å²) in [4.78, 5) is 2.30. The summed E-state index contributed by atoms with van der Waals surface area (Å²) in [5.41, 5.74) is 7.03. The van der Waals surface area contributed by atoms with Gasteiger partial charge >= 0.3 is 0 Å². The standard InChI is InChI=1S/C11H20N2O/c1-3-6-13-7-4-10(5-8-13)11(12)9(2)14/h3-4,9,11,14H,1,5-8,12H2,2H3/t9-,11?/m1/s1. The van der Waals surface area contributed by atoms with Crippen LogP contribution in [0.1, 0.15) is 13.3 Å². The van der Waals surface area contributed by atoms with E-state index in [0.29, 0.717) is 0 Å². The van der Waals surface area contributed by atoms with E-state index in [2.05, 4.69) is 17.6 Å². The van der Waals surface area contributed by atoms with Crippen LogP contribution in [0.5, 0.6) is 0 Å². The first kappa shape index (κ1) is 11.4. The SMILES string of the molecule is C=CCN1CC=C(C(N)[C@@H](C)O)CC1. The molecular weight excluding hydrogens is 176 g/mol. The van der Waals surface area contributed by atoms with Gasteiger partial charge in [-0.2, -0.15) is 0 Å². The summed E-state index contributed by atoms with van der Waals surface area (Å²) in [6.07, 6.45) is 4.55. The minimum absolute atomic E-state index is 0.194. The first-order chi connectivity index (χ1) is 6.65. The Bertz CT molecular complexity index is 223. The quantitative estimate of drug-likeness (QED) is 0.644. The van der Waals surface area contributed by atoms with Crippen LogP contribution in [-0.2, 0) is 0 Å². The van der Waals surface area contributed by atoms with Gasteiger partial charge in [0.25, 0.3) is 0 Å². The number of aliphatic hydroxyl groups is 1. The van der Waals surface area contributed by atoms with Crippen molar-refractivity contribution in [2.75, 3.05) is 19.6 Å². The predicted molar refractivity (Wildman–Crippen MR) is 59.0 cm³/mol. The zero-order valence-corrected chi connectivity index (χ0v) is 8.82. The average molecular weight is 196 g/mol. The highest BCUT2D eigenvalue weighted by Crippen LogP contribution is 2.15. The van der Waals surface area contributed by atoms with Gasteiger partial charge in [0.2, 0.25) is 0 Å². The first-order valence-electron chi connectivity index (χ1n) is 5.11. The van der Waals surface area contributed by atoms with Crippen molar-refractivity contribution >= 4 is 0 Å². The maximum Gasteiger partial charge on any atom is 0.0701 e. The van der Waals surface area contributed by atoms with Crippen LogP contribution in [0.4, 0.5) is 0 Å². The van der Waals surface area contributed by atoms with Gasteiger partial charge in [0.15, 0.2) is 0 Å². The average Bonchev–Trinajstić information content (AvgIpc) is 2.18. The lowest BCUT2D eigenvalue weighted by Gasteiger charge is -2.28. The number of aliphatic hydroxyl groups excluding tert-OH is 1. The summed E-state index contributed by atoms with van der Waals surface area (Å²) >= 11 is 0. The predicted octanol–water partition coefficient (Wildman–Crippen LogP) is 0.513. The van der Waals surface area contributed by atoms with Crippen molar-refractivity contribution in [3.05, 3.63) is 24.3 Å². The number of rotatable bonds is 4. The van der Waals surface area contributed by atoms with Crippen molar-refractivity contribution in [3.63, 3.8) is 0 Å². The molecule has 3 heteroatoms. The molecule has 0 aliphatic carbocycles. The highest BCUT2D eigenvalue weighted by atomic mass is 16.3. The van der Waals surface area contributed by atoms with E-state index in [1.165, 1.54) is 5.57 Å². The maximum absolute atomic E-state index is 9.35. The zero-order valence-electron chi connectivity index (χ0n) is 8.82. The minimum atomic E-state index is -0.452. The number of hydrogen-bond donors (Lipinski definition) is 2.